The molecule has 0 atom stereocenters. The highest BCUT2D eigenvalue weighted by molar-refractivity contribution is 7.89. The lowest BCUT2D eigenvalue weighted by Crippen LogP contribution is -2.31. The maximum Gasteiger partial charge on any atom is 0.264 e. The average molecular weight is 443 g/mol. The van der Waals surface area contributed by atoms with Crippen molar-refractivity contribution in [2.75, 3.05) is 25.1 Å². The van der Waals surface area contributed by atoms with Gasteiger partial charge < -0.3 is 9.64 Å². The molecule has 0 saturated heterocycles. The summed E-state index contributed by atoms with van der Waals surface area (Å²) >= 11 is 0. The van der Waals surface area contributed by atoms with Crippen molar-refractivity contribution in [1.82, 2.24) is 4.72 Å². The minimum absolute atomic E-state index is 0.114. The van der Waals surface area contributed by atoms with Crippen LogP contribution in [0.2, 0.25) is 0 Å². The van der Waals surface area contributed by atoms with E-state index in [4.69, 9.17) is 4.74 Å². The van der Waals surface area contributed by atoms with Crippen LogP contribution < -0.4 is 14.4 Å². The highest BCUT2D eigenvalue weighted by Gasteiger charge is 2.15. The van der Waals surface area contributed by atoms with Crippen LogP contribution in [0, 0.1) is 5.82 Å². The number of amides is 1. The van der Waals surface area contributed by atoms with Gasteiger partial charge in [0.05, 0.1) is 4.90 Å². The third kappa shape index (κ3) is 6.37. The van der Waals surface area contributed by atoms with Crippen LogP contribution in [0.15, 0.2) is 83.8 Å². The lowest BCUT2D eigenvalue weighted by molar-refractivity contribution is -0.120. The van der Waals surface area contributed by atoms with Crippen molar-refractivity contribution in [1.29, 1.82) is 0 Å². The molecule has 3 rings (SSSR count). The number of halogens is 1. The van der Waals surface area contributed by atoms with Crippen LogP contribution in [0.25, 0.3) is 0 Å². The summed E-state index contributed by atoms with van der Waals surface area (Å²) in [7, 11) is -2.08. The van der Waals surface area contributed by atoms with Gasteiger partial charge in [0.1, 0.15) is 11.6 Å². The number of benzene rings is 3. The number of ether oxygens (including phenoxy) is 1. The molecule has 0 radical (unpaired) electrons. The number of likely N-dealkylation sites (N-methyl/N-ethyl adjacent to an activating group) is 1. The minimum Gasteiger partial charge on any atom is -0.484 e. The van der Waals surface area contributed by atoms with Crippen LogP contribution in [0.4, 0.5) is 10.1 Å². The Kier molecular flexibility index (Phi) is 7.38. The Morgan fingerprint density at radius 3 is 2.26 bits per heavy atom. The zero-order chi connectivity index (χ0) is 22.3. The lowest BCUT2D eigenvalue weighted by Gasteiger charge is -2.17. The molecule has 0 aliphatic carbocycles. The van der Waals surface area contributed by atoms with Crippen LogP contribution in [-0.2, 0) is 21.2 Å². The van der Waals surface area contributed by atoms with E-state index in [9.17, 15) is 17.6 Å². The number of nitrogens with zero attached hydrogens (tertiary/aromatic N) is 1. The number of rotatable bonds is 9. The molecule has 0 bridgehead atoms. The molecular formula is C23H23FN2O4S. The Hall–Kier alpha value is -3.23. The smallest absolute Gasteiger partial charge is 0.264 e. The van der Waals surface area contributed by atoms with E-state index in [1.807, 2.05) is 30.3 Å². The third-order valence-electron chi connectivity index (χ3n) is 4.63. The molecule has 0 saturated carbocycles. The summed E-state index contributed by atoms with van der Waals surface area (Å²) in [6, 6.07) is 21.0. The highest BCUT2D eigenvalue weighted by atomic mass is 32.2. The number of anilines is 1. The number of carbonyl (C=O) groups excluding carboxylic acids is 1. The predicted molar refractivity (Wildman–Crippen MR) is 117 cm³/mol. The quantitative estimate of drug-likeness (QED) is 0.551. The van der Waals surface area contributed by atoms with Gasteiger partial charge in [-0.2, -0.15) is 0 Å². The molecule has 0 aromatic heterocycles. The minimum atomic E-state index is -3.64. The summed E-state index contributed by atoms with van der Waals surface area (Å²) in [6.07, 6.45) is 0.588. The second-order valence-corrected chi connectivity index (χ2v) is 8.59. The van der Waals surface area contributed by atoms with Crippen molar-refractivity contribution in [3.63, 3.8) is 0 Å². The van der Waals surface area contributed by atoms with Crippen LogP contribution in [0.1, 0.15) is 5.56 Å². The lowest BCUT2D eigenvalue weighted by atomic mass is 10.2. The van der Waals surface area contributed by atoms with Crippen LogP contribution in [0.5, 0.6) is 5.75 Å². The van der Waals surface area contributed by atoms with Crippen LogP contribution in [-0.4, -0.2) is 34.5 Å². The van der Waals surface area contributed by atoms with Gasteiger partial charge in [-0.3, -0.25) is 4.79 Å². The molecule has 1 N–H and O–H groups in total. The largest absolute Gasteiger partial charge is 0.484 e. The van der Waals surface area contributed by atoms with E-state index in [0.717, 1.165) is 5.56 Å². The Labute approximate surface area is 181 Å². The zero-order valence-electron chi connectivity index (χ0n) is 17.0. The Balaban J connectivity index is 1.51. The van der Waals surface area contributed by atoms with Gasteiger partial charge in [-0.1, -0.05) is 30.3 Å². The maximum atomic E-state index is 13.0. The first-order valence-corrected chi connectivity index (χ1v) is 11.1. The molecule has 162 valence electrons. The number of sulfonamides is 1. The molecule has 3 aromatic rings. The van der Waals surface area contributed by atoms with E-state index in [0.29, 0.717) is 17.9 Å². The van der Waals surface area contributed by atoms with Crippen molar-refractivity contribution < 1.29 is 22.3 Å². The van der Waals surface area contributed by atoms with Crippen molar-refractivity contribution in [2.24, 2.45) is 0 Å². The molecule has 0 spiro atoms. The molecule has 3 aromatic carbocycles. The van der Waals surface area contributed by atoms with Crippen molar-refractivity contribution in [2.45, 2.75) is 11.3 Å². The number of nitrogens with one attached hydrogen (secondary N) is 1. The first kappa shape index (κ1) is 22.5. The van der Waals surface area contributed by atoms with Gasteiger partial charge in [0.25, 0.3) is 5.91 Å². The van der Waals surface area contributed by atoms with Crippen LogP contribution in [0.3, 0.4) is 0 Å². The molecule has 31 heavy (non-hydrogen) atoms. The zero-order valence-corrected chi connectivity index (χ0v) is 17.8. The van der Waals surface area contributed by atoms with Gasteiger partial charge >= 0.3 is 0 Å². The third-order valence-corrected chi connectivity index (χ3v) is 6.11. The standard InChI is InChI=1S/C23H23FN2O4S/c1-26(20-9-7-19(24)8-10-20)23(27)17-30-21-11-13-22(14-12-21)31(28,29)25-16-15-18-5-3-2-4-6-18/h2-14,25H,15-17H2,1H3. The average Bonchev–Trinajstić information content (AvgIpc) is 2.78. The van der Waals surface area contributed by atoms with Crippen molar-refractivity contribution in [3.05, 3.63) is 90.2 Å². The molecular weight excluding hydrogens is 419 g/mol. The Bertz CT molecular complexity index is 1100. The van der Waals surface area contributed by atoms with E-state index in [1.165, 1.54) is 53.4 Å². The molecule has 8 heteroatoms. The van der Waals surface area contributed by atoms with Gasteiger partial charge in [0, 0.05) is 19.3 Å². The van der Waals surface area contributed by atoms with Gasteiger partial charge in [0.2, 0.25) is 10.0 Å². The summed E-state index contributed by atoms with van der Waals surface area (Å²) in [5.74, 6) is -0.347. The van der Waals surface area contributed by atoms with Gasteiger partial charge in [0.15, 0.2) is 6.61 Å². The monoisotopic (exact) mass is 442 g/mol. The molecule has 0 fully saturated rings. The normalized spacial score (nSPS) is 11.2. The summed E-state index contributed by atoms with van der Waals surface area (Å²) in [5, 5.41) is 0. The summed E-state index contributed by atoms with van der Waals surface area (Å²) in [6.45, 7) is 0.0458. The van der Waals surface area contributed by atoms with Gasteiger partial charge in [-0.25, -0.2) is 17.5 Å². The fraction of sp³-hybridized carbons (Fsp3) is 0.174. The van der Waals surface area contributed by atoms with E-state index < -0.39 is 10.0 Å². The van der Waals surface area contributed by atoms with E-state index in [1.54, 1.807) is 7.05 Å². The van der Waals surface area contributed by atoms with E-state index >= 15 is 0 Å². The second kappa shape index (κ2) is 10.2. The number of hydrogen-bond acceptors (Lipinski definition) is 4. The maximum absolute atomic E-state index is 13.0. The molecule has 0 unspecified atom stereocenters. The summed E-state index contributed by atoms with van der Waals surface area (Å²) in [5.41, 5.74) is 1.59. The number of carbonyl (C=O) groups is 1. The van der Waals surface area contributed by atoms with Gasteiger partial charge in [-0.15, -0.1) is 0 Å². The second-order valence-electron chi connectivity index (χ2n) is 6.82. The molecule has 1 amide bonds. The molecule has 0 aliphatic rings. The highest BCUT2D eigenvalue weighted by Crippen LogP contribution is 2.17. The Morgan fingerprint density at radius 2 is 1.61 bits per heavy atom. The first-order chi connectivity index (χ1) is 14.8. The number of hydrogen-bond donors (Lipinski definition) is 1. The topological polar surface area (TPSA) is 75.7 Å². The van der Waals surface area contributed by atoms with Crippen molar-refractivity contribution in [3.8, 4) is 5.75 Å². The van der Waals surface area contributed by atoms with E-state index in [-0.39, 0.29) is 29.8 Å². The molecule has 6 nitrogen and oxygen atoms in total. The van der Waals surface area contributed by atoms with Gasteiger partial charge in [-0.05, 0) is 60.5 Å². The molecule has 0 heterocycles. The SMILES string of the molecule is CN(C(=O)COc1ccc(S(=O)(=O)NCCc2ccccc2)cc1)c1ccc(F)cc1. The van der Waals surface area contributed by atoms with Crippen LogP contribution >= 0.6 is 0 Å². The predicted octanol–water partition coefficient (Wildman–Crippen LogP) is 3.39. The summed E-state index contributed by atoms with van der Waals surface area (Å²) < 4.78 is 45.9. The Morgan fingerprint density at radius 1 is 0.968 bits per heavy atom. The fourth-order valence-corrected chi connectivity index (χ4v) is 3.86. The first-order valence-electron chi connectivity index (χ1n) is 9.64. The summed E-state index contributed by atoms with van der Waals surface area (Å²) in [4.78, 5) is 13.7. The van der Waals surface area contributed by atoms with Crippen molar-refractivity contribution >= 4 is 21.6 Å². The molecule has 0 aliphatic heterocycles. The van der Waals surface area contributed by atoms with E-state index in [2.05, 4.69) is 4.72 Å². The fourth-order valence-electron chi connectivity index (χ4n) is 2.82.